The van der Waals surface area contributed by atoms with Crippen LogP contribution in [0.4, 0.5) is 0 Å². The summed E-state index contributed by atoms with van der Waals surface area (Å²) in [6.45, 7) is 6.87. The SMILES string of the molecule is CC(C)[C@H]1C(O)C(C(N)=O)C(=O)[C@]2(O)C(O)C3C(=O)c4c(O)ccc(-c5occc5C(=O)Cl)c4C[C@]3(C)C[C@]12C. The van der Waals surface area contributed by atoms with Gasteiger partial charge in [0.2, 0.25) is 5.91 Å². The molecule has 1 aromatic heterocycles. The zero-order valence-electron chi connectivity index (χ0n) is 22.5. The number of primary amides is 1. The van der Waals surface area contributed by atoms with Gasteiger partial charge in [-0.05, 0) is 65.5 Å². The summed E-state index contributed by atoms with van der Waals surface area (Å²) in [6, 6.07) is 4.16. The van der Waals surface area contributed by atoms with Gasteiger partial charge in [0.25, 0.3) is 5.24 Å². The maximum atomic E-state index is 14.1. The molecule has 3 aliphatic rings. The summed E-state index contributed by atoms with van der Waals surface area (Å²) in [5, 5.41) is 45.2. The molecule has 4 unspecified atom stereocenters. The van der Waals surface area contributed by atoms with Gasteiger partial charge in [-0.15, -0.1) is 0 Å². The molecular weight excluding hydrogens is 542 g/mol. The molecule has 11 heteroatoms. The molecule has 40 heavy (non-hydrogen) atoms. The predicted molar refractivity (Wildman–Crippen MR) is 141 cm³/mol. The molecule has 2 aromatic rings. The molecule has 3 aliphatic carbocycles. The van der Waals surface area contributed by atoms with E-state index in [0.29, 0.717) is 11.1 Å². The van der Waals surface area contributed by atoms with Crippen molar-refractivity contribution in [3.8, 4) is 17.1 Å². The zero-order chi connectivity index (χ0) is 29.7. The Morgan fingerprint density at radius 1 is 1.15 bits per heavy atom. The number of nitrogens with two attached hydrogens (primary N) is 1. The van der Waals surface area contributed by atoms with E-state index < -0.39 is 69.1 Å². The molecule has 214 valence electrons. The number of phenolic OH excluding ortho intramolecular Hbond substituents is 1. The van der Waals surface area contributed by atoms with Crippen LogP contribution in [0.1, 0.15) is 60.4 Å². The molecule has 10 nitrogen and oxygen atoms in total. The number of rotatable bonds is 4. The smallest absolute Gasteiger partial charge is 0.256 e. The second-order valence-electron chi connectivity index (χ2n) is 12.4. The standard InChI is InChI=1S/C29H32ClNO9/c1-11(2)18-21(34)17(26(31)38)23(35)29(39)24(36)19-20(33)16-14(9-27(19,3)10-28(18,29)4)12(5-6-15(16)32)22-13(25(30)37)7-8-40-22/h5-8,11,17-19,21,24,32,34,36,39H,9-10H2,1-4H3,(H2,31,38)/t17?,18-,19?,21?,24?,27+,28+,29-/m0/s1. The Morgan fingerprint density at radius 2 is 1.80 bits per heavy atom. The Balaban J connectivity index is 1.74. The first-order chi connectivity index (χ1) is 18.5. The number of carbonyl (C=O) groups excluding carboxylic acids is 4. The third-order valence-corrected chi connectivity index (χ3v) is 9.99. The number of furan rings is 1. The molecule has 0 spiro atoms. The Kier molecular flexibility index (Phi) is 6.39. The maximum absolute atomic E-state index is 14.1. The van der Waals surface area contributed by atoms with Gasteiger partial charge >= 0.3 is 0 Å². The first-order valence-corrected chi connectivity index (χ1v) is 13.5. The lowest BCUT2D eigenvalue weighted by Gasteiger charge is -2.66. The second kappa shape index (κ2) is 8.97. The van der Waals surface area contributed by atoms with E-state index in [1.165, 1.54) is 24.5 Å². The number of Topliss-reactive ketones (excluding diaryl/α,β-unsaturated/α-hetero) is 2. The monoisotopic (exact) mass is 573 g/mol. The van der Waals surface area contributed by atoms with Crippen LogP contribution in [-0.4, -0.2) is 61.0 Å². The highest BCUT2D eigenvalue weighted by molar-refractivity contribution is 6.68. The molecule has 2 fully saturated rings. The summed E-state index contributed by atoms with van der Waals surface area (Å²) in [4.78, 5) is 52.2. The van der Waals surface area contributed by atoms with Crippen molar-refractivity contribution in [1.82, 2.24) is 0 Å². The number of amides is 1. The Labute approximate surface area is 235 Å². The minimum absolute atomic E-state index is 0.00488. The predicted octanol–water partition coefficient (Wildman–Crippen LogP) is 2.21. The van der Waals surface area contributed by atoms with Gasteiger partial charge in [-0.2, -0.15) is 0 Å². The first-order valence-electron chi connectivity index (χ1n) is 13.1. The normalized spacial score (nSPS) is 37.1. The van der Waals surface area contributed by atoms with Crippen molar-refractivity contribution in [1.29, 1.82) is 0 Å². The molecule has 8 atom stereocenters. The molecule has 5 rings (SSSR count). The molecule has 2 saturated carbocycles. The zero-order valence-corrected chi connectivity index (χ0v) is 23.2. The highest BCUT2D eigenvalue weighted by Gasteiger charge is 2.75. The van der Waals surface area contributed by atoms with Crippen molar-refractivity contribution in [2.75, 3.05) is 0 Å². The van der Waals surface area contributed by atoms with E-state index in [4.69, 9.17) is 21.8 Å². The van der Waals surface area contributed by atoms with Crippen molar-refractivity contribution in [3.63, 3.8) is 0 Å². The van der Waals surface area contributed by atoms with E-state index in [1.807, 2.05) is 0 Å². The number of halogens is 1. The van der Waals surface area contributed by atoms with Crippen LogP contribution < -0.4 is 5.73 Å². The van der Waals surface area contributed by atoms with Crippen LogP contribution in [0.25, 0.3) is 11.3 Å². The number of aromatic hydroxyl groups is 1. The average Bonchev–Trinajstić information content (AvgIpc) is 3.31. The topological polar surface area (TPSA) is 188 Å². The van der Waals surface area contributed by atoms with Gasteiger partial charge in [-0.3, -0.25) is 19.2 Å². The van der Waals surface area contributed by atoms with E-state index in [0.717, 1.165) is 0 Å². The van der Waals surface area contributed by atoms with Gasteiger partial charge < -0.3 is 30.6 Å². The molecule has 0 radical (unpaired) electrons. The number of fused-ring (bicyclic) bond motifs is 3. The lowest BCUT2D eigenvalue weighted by Crippen LogP contribution is -2.79. The fraction of sp³-hybridized carbons (Fsp3) is 0.517. The number of benzene rings is 1. The van der Waals surface area contributed by atoms with Crippen molar-refractivity contribution in [2.45, 2.75) is 58.3 Å². The minimum Gasteiger partial charge on any atom is -0.507 e. The molecule has 0 aliphatic heterocycles. The number of ketones is 2. The van der Waals surface area contributed by atoms with Crippen LogP contribution in [0, 0.1) is 34.5 Å². The summed E-state index contributed by atoms with van der Waals surface area (Å²) in [6.07, 6.45) is -2.14. The fourth-order valence-corrected chi connectivity index (χ4v) is 8.57. The van der Waals surface area contributed by atoms with Crippen LogP contribution in [0.3, 0.4) is 0 Å². The fourth-order valence-electron chi connectivity index (χ4n) is 8.42. The van der Waals surface area contributed by atoms with Gasteiger partial charge in [-0.25, -0.2) is 0 Å². The van der Waals surface area contributed by atoms with Crippen LogP contribution >= 0.6 is 11.6 Å². The summed E-state index contributed by atoms with van der Waals surface area (Å²) < 4.78 is 5.57. The molecule has 1 amide bonds. The van der Waals surface area contributed by atoms with Gasteiger partial charge in [0.15, 0.2) is 17.2 Å². The van der Waals surface area contributed by atoms with Gasteiger partial charge in [-0.1, -0.05) is 27.7 Å². The van der Waals surface area contributed by atoms with Crippen LogP contribution in [-0.2, 0) is 16.0 Å². The van der Waals surface area contributed by atoms with Crippen molar-refractivity contribution in [2.24, 2.45) is 40.2 Å². The third kappa shape index (κ3) is 3.46. The summed E-state index contributed by atoms with van der Waals surface area (Å²) in [5.74, 6) is -7.60. The summed E-state index contributed by atoms with van der Waals surface area (Å²) >= 11 is 5.75. The Bertz CT molecular complexity index is 1470. The highest BCUT2D eigenvalue weighted by atomic mass is 35.5. The van der Waals surface area contributed by atoms with Gasteiger partial charge in [0.1, 0.15) is 23.5 Å². The lowest BCUT2D eigenvalue weighted by molar-refractivity contribution is -0.265. The molecule has 1 heterocycles. The van der Waals surface area contributed by atoms with Gasteiger partial charge in [0, 0.05) is 11.0 Å². The Hall–Kier alpha value is -3.05. The molecule has 0 bridgehead atoms. The second-order valence-corrected chi connectivity index (χ2v) is 12.7. The minimum atomic E-state index is -2.59. The van der Waals surface area contributed by atoms with E-state index in [1.54, 1.807) is 27.7 Å². The number of hydrogen-bond donors (Lipinski definition) is 5. The molecule has 0 saturated heterocycles. The number of carbonyl (C=O) groups is 4. The molecule has 1 aromatic carbocycles. The van der Waals surface area contributed by atoms with E-state index in [9.17, 15) is 39.6 Å². The molecular formula is C29H32ClNO9. The van der Waals surface area contributed by atoms with Crippen LogP contribution in [0.2, 0.25) is 0 Å². The molecule has 6 N–H and O–H groups in total. The number of hydrogen-bond acceptors (Lipinski definition) is 9. The number of phenols is 1. The van der Waals surface area contributed by atoms with E-state index in [-0.39, 0.29) is 41.4 Å². The third-order valence-electron chi connectivity index (χ3n) is 9.79. The number of aliphatic hydroxyl groups is 3. The Morgan fingerprint density at radius 3 is 2.38 bits per heavy atom. The van der Waals surface area contributed by atoms with Crippen LogP contribution in [0.5, 0.6) is 5.75 Å². The van der Waals surface area contributed by atoms with Crippen LogP contribution in [0.15, 0.2) is 28.9 Å². The van der Waals surface area contributed by atoms with E-state index >= 15 is 0 Å². The van der Waals surface area contributed by atoms with Crippen molar-refractivity contribution in [3.05, 3.63) is 41.2 Å². The average molecular weight is 574 g/mol. The first kappa shape index (κ1) is 28.5. The van der Waals surface area contributed by atoms with E-state index in [2.05, 4.69) is 0 Å². The highest BCUT2D eigenvalue weighted by Crippen LogP contribution is 2.66. The summed E-state index contributed by atoms with van der Waals surface area (Å²) in [7, 11) is 0. The van der Waals surface area contributed by atoms with Crippen molar-refractivity contribution < 1.29 is 44.0 Å². The largest absolute Gasteiger partial charge is 0.507 e. The maximum Gasteiger partial charge on any atom is 0.256 e. The quantitative estimate of drug-likeness (QED) is 0.270. The lowest BCUT2D eigenvalue weighted by atomic mass is 9.39. The summed E-state index contributed by atoms with van der Waals surface area (Å²) in [5.41, 5.74) is 0.960. The van der Waals surface area contributed by atoms with Gasteiger partial charge in [0.05, 0.1) is 29.4 Å². The van der Waals surface area contributed by atoms with Crippen molar-refractivity contribution >= 4 is 34.3 Å². The number of aliphatic hydroxyl groups excluding tert-OH is 2.